The molecule has 1 rings (SSSR count). The Hall–Kier alpha value is -1.26. The molecule has 4 nitrogen and oxygen atoms in total. The first-order valence-corrected chi connectivity index (χ1v) is 7.90. The van der Waals surface area contributed by atoms with Crippen LogP contribution in [0.15, 0.2) is 29.3 Å². The molecule has 0 saturated carbocycles. The molecule has 5 heteroatoms. The van der Waals surface area contributed by atoms with Gasteiger partial charge in [0.25, 0.3) is 0 Å². The van der Waals surface area contributed by atoms with E-state index in [-0.39, 0.29) is 0 Å². The minimum Gasteiger partial charge on any atom is -0.388 e. The van der Waals surface area contributed by atoms with Crippen molar-refractivity contribution in [3.05, 3.63) is 34.9 Å². The molecule has 0 atom stereocenters. The molecule has 0 amide bonds. The number of hydrogen-bond acceptors (Lipinski definition) is 2. The number of guanidine groups is 1. The fourth-order valence-corrected chi connectivity index (χ4v) is 2.08. The number of nitrogens with one attached hydrogen (secondary N) is 2. The Balaban J connectivity index is 2.68. The number of halogens is 1. The van der Waals surface area contributed by atoms with Gasteiger partial charge in [0.05, 0.1) is 12.1 Å². The Morgan fingerprint density at radius 2 is 1.86 bits per heavy atom. The lowest BCUT2D eigenvalue weighted by molar-refractivity contribution is 0.0367. The molecule has 21 heavy (non-hydrogen) atoms. The average molecular weight is 312 g/mol. The van der Waals surface area contributed by atoms with Crippen LogP contribution in [0.2, 0.25) is 5.02 Å². The molecule has 0 radical (unpaired) electrons. The van der Waals surface area contributed by atoms with Crippen LogP contribution in [0.4, 0.5) is 0 Å². The molecule has 0 bridgehead atoms. The molecule has 0 fully saturated rings. The van der Waals surface area contributed by atoms with Crippen LogP contribution in [0, 0.1) is 0 Å². The van der Waals surface area contributed by atoms with E-state index in [0.717, 1.165) is 17.1 Å². The topological polar surface area (TPSA) is 56.7 Å². The maximum Gasteiger partial charge on any atom is 0.191 e. The Bertz CT molecular complexity index is 459. The molecular weight excluding hydrogens is 286 g/mol. The van der Waals surface area contributed by atoms with Gasteiger partial charge in [-0.15, -0.1) is 0 Å². The van der Waals surface area contributed by atoms with Gasteiger partial charge in [-0.2, -0.15) is 0 Å². The standard InChI is InChI=1S/C16H26ClN3O/c1-4-16(21,5-2)12-20-15(18-6-3)19-11-13-9-7-8-10-14(13)17/h7-10,21H,4-6,11-12H2,1-3H3,(H2,18,19,20). The molecule has 3 N–H and O–H groups in total. The lowest BCUT2D eigenvalue weighted by atomic mass is 9.98. The maximum atomic E-state index is 10.3. The second-order valence-corrected chi connectivity index (χ2v) is 5.48. The Morgan fingerprint density at radius 3 is 2.43 bits per heavy atom. The largest absolute Gasteiger partial charge is 0.388 e. The summed E-state index contributed by atoms with van der Waals surface area (Å²) in [4.78, 5) is 4.52. The predicted molar refractivity (Wildman–Crippen MR) is 89.8 cm³/mol. The molecule has 0 aliphatic heterocycles. The zero-order chi connectivity index (χ0) is 15.7. The molecule has 0 spiro atoms. The summed E-state index contributed by atoms with van der Waals surface area (Å²) in [5.41, 5.74) is 0.290. The third kappa shape index (κ3) is 5.94. The second kappa shape index (κ2) is 8.90. The van der Waals surface area contributed by atoms with Crippen molar-refractivity contribution < 1.29 is 5.11 Å². The van der Waals surface area contributed by atoms with Gasteiger partial charge in [0.1, 0.15) is 0 Å². The quantitative estimate of drug-likeness (QED) is 0.536. The number of aliphatic imine (C=N–C) groups is 1. The van der Waals surface area contributed by atoms with Crippen molar-refractivity contribution in [3.63, 3.8) is 0 Å². The van der Waals surface area contributed by atoms with Crippen LogP contribution < -0.4 is 10.6 Å². The summed E-state index contributed by atoms with van der Waals surface area (Å²) in [7, 11) is 0. The van der Waals surface area contributed by atoms with Crippen molar-refractivity contribution in [1.29, 1.82) is 0 Å². The maximum absolute atomic E-state index is 10.3. The SMILES string of the molecule is CCNC(=NCc1ccccc1Cl)NCC(O)(CC)CC. The molecule has 118 valence electrons. The Morgan fingerprint density at radius 1 is 1.19 bits per heavy atom. The summed E-state index contributed by atoms with van der Waals surface area (Å²) in [6.07, 6.45) is 1.42. The van der Waals surface area contributed by atoms with Crippen LogP contribution in [-0.4, -0.2) is 29.8 Å². The summed E-state index contributed by atoms with van der Waals surface area (Å²) < 4.78 is 0. The highest BCUT2D eigenvalue weighted by atomic mass is 35.5. The first-order chi connectivity index (χ1) is 10.0. The van der Waals surface area contributed by atoms with Gasteiger partial charge in [-0.05, 0) is 31.4 Å². The molecule has 0 heterocycles. The first-order valence-electron chi connectivity index (χ1n) is 7.52. The van der Waals surface area contributed by atoms with Gasteiger partial charge in [0.15, 0.2) is 5.96 Å². The summed E-state index contributed by atoms with van der Waals surface area (Å²) in [6, 6.07) is 7.68. The van der Waals surface area contributed by atoms with Crippen molar-refractivity contribution in [3.8, 4) is 0 Å². The first kappa shape index (κ1) is 17.8. The minimum absolute atomic E-state index is 0.481. The number of nitrogens with zero attached hydrogens (tertiary/aromatic N) is 1. The van der Waals surface area contributed by atoms with Gasteiger partial charge >= 0.3 is 0 Å². The van der Waals surface area contributed by atoms with Crippen LogP contribution in [-0.2, 0) is 6.54 Å². The van der Waals surface area contributed by atoms with Crippen LogP contribution >= 0.6 is 11.6 Å². The predicted octanol–water partition coefficient (Wildman–Crippen LogP) is 2.95. The van der Waals surface area contributed by atoms with Gasteiger partial charge in [-0.25, -0.2) is 4.99 Å². The number of hydrogen-bond donors (Lipinski definition) is 3. The van der Waals surface area contributed by atoms with E-state index < -0.39 is 5.60 Å². The van der Waals surface area contributed by atoms with Gasteiger partial charge in [0, 0.05) is 18.1 Å². The van der Waals surface area contributed by atoms with Crippen molar-refractivity contribution in [2.75, 3.05) is 13.1 Å². The summed E-state index contributed by atoms with van der Waals surface area (Å²) in [6.45, 7) is 7.74. The van der Waals surface area contributed by atoms with E-state index in [0.29, 0.717) is 31.9 Å². The zero-order valence-corrected chi connectivity index (χ0v) is 13.9. The van der Waals surface area contributed by atoms with E-state index >= 15 is 0 Å². The molecule has 0 saturated heterocycles. The highest BCUT2D eigenvalue weighted by molar-refractivity contribution is 6.31. The zero-order valence-electron chi connectivity index (χ0n) is 13.1. The molecule has 0 aliphatic carbocycles. The van der Waals surface area contributed by atoms with Crippen molar-refractivity contribution in [2.45, 2.75) is 45.8 Å². The summed E-state index contributed by atoms with van der Waals surface area (Å²) >= 11 is 6.13. The Kier molecular flexibility index (Phi) is 7.54. The van der Waals surface area contributed by atoms with Crippen molar-refractivity contribution in [2.24, 2.45) is 4.99 Å². The highest BCUT2D eigenvalue weighted by Gasteiger charge is 2.22. The third-order valence-corrected chi connectivity index (χ3v) is 3.98. The van der Waals surface area contributed by atoms with Crippen LogP contribution in [0.3, 0.4) is 0 Å². The van der Waals surface area contributed by atoms with E-state index in [9.17, 15) is 5.11 Å². The highest BCUT2D eigenvalue weighted by Crippen LogP contribution is 2.16. The van der Waals surface area contributed by atoms with Crippen molar-refractivity contribution in [1.82, 2.24) is 10.6 Å². The van der Waals surface area contributed by atoms with Crippen molar-refractivity contribution >= 4 is 17.6 Å². The molecular formula is C16H26ClN3O. The number of rotatable bonds is 7. The van der Waals surface area contributed by atoms with Gasteiger partial charge < -0.3 is 15.7 Å². The second-order valence-electron chi connectivity index (χ2n) is 5.07. The van der Waals surface area contributed by atoms with E-state index in [4.69, 9.17) is 11.6 Å². The molecule has 0 aromatic heterocycles. The fourth-order valence-electron chi connectivity index (χ4n) is 1.88. The smallest absolute Gasteiger partial charge is 0.191 e. The normalized spacial score (nSPS) is 12.3. The molecule has 0 aliphatic rings. The fraction of sp³-hybridized carbons (Fsp3) is 0.562. The van der Waals surface area contributed by atoms with Gasteiger partial charge in [-0.1, -0.05) is 43.6 Å². The average Bonchev–Trinajstić information content (AvgIpc) is 2.51. The lowest BCUT2D eigenvalue weighted by Gasteiger charge is -2.26. The molecule has 1 aromatic rings. The van der Waals surface area contributed by atoms with Crippen LogP contribution in [0.25, 0.3) is 0 Å². The van der Waals surface area contributed by atoms with Crippen LogP contribution in [0.5, 0.6) is 0 Å². The van der Waals surface area contributed by atoms with E-state index in [1.807, 2.05) is 45.0 Å². The van der Waals surface area contributed by atoms with Gasteiger partial charge in [-0.3, -0.25) is 0 Å². The monoisotopic (exact) mass is 311 g/mol. The van der Waals surface area contributed by atoms with E-state index in [1.165, 1.54) is 0 Å². The van der Waals surface area contributed by atoms with E-state index in [1.54, 1.807) is 0 Å². The Labute approximate surface area is 132 Å². The van der Waals surface area contributed by atoms with Crippen LogP contribution in [0.1, 0.15) is 39.2 Å². The lowest BCUT2D eigenvalue weighted by Crippen LogP contribution is -2.46. The molecule has 1 aromatic carbocycles. The summed E-state index contributed by atoms with van der Waals surface area (Å²) in [5.74, 6) is 0.692. The number of aliphatic hydroxyl groups is 1. The number of benzene rings is 1. The summed E-state index contributed by atoms with van der Waals surface area (Å²) in [5, 5.41) is 17.4. The van der Waals surface area contributed by atoms with Gasteiger partial charge in [0.2, 0.25) is 0 Å². The third-order valence-electron chi connectivity index (χ3n) is 3.61. The van der Waals surface area contributed by atoms with E-state index in [2.05, 4.69) is 15.6 Å². The molecule has 0 unspecified atom stereocenters. The minimum atomic E-state index is -0.694.